The van der Waals surface area contributed by atoms with Gasteiger partial charge >= 0.3 is 5.97 Å². The van der Waals surface area contributed by atoms with Crippen molar-refractivity contribution in [1.82, 2.24) is 0 Å². The van der Waals surface area contributed by atoms with Crippen molar-refractivity contribution in [3.05, 3.63) is 29.3 Å². The quantitative estimate of drug-likeness (QED) is 0.862. The molecular weight excluding hydrogens is 248 g/mol. The molecule has 18 heavy (non-hydrogen) atoms. The standard InChI is InChI=1S/C14H20O3S/c1-4-5-6-12(14(15)16)18(17)13-9-10(2)7-8-11(13)3/h7-9,12H,4-6H2,1-3H3,(H,15,16). The van der Waals surface area contributed by atoms with Crippen molar-refractivity contribution in [1.29, 1.82) is 0 Å². The molecule has 1 aromatic rings. The molecule has 2 atom stereocenters. The molecule has 2 unspecified atom stereocenters. The summed E-state index contributed by atoms with van der Waals surface area (Å²) in [6.07, 6.45) is 2.16. The molecule has 4 heteroatoms. The van der Waals surface area contributed by atoms with E-state index >= 15 is 0 Å². The molecule has 0 amide bonds. The minimum Gasteiger partial charge on any atom is -0.480 e. The zero-order valence-electron chi connectivity index (χ0n) is 11.1. The second-order valence-corrected chi connectivity index (χ2v) is 6.14. The van der Waals surface area contributed by atoms with Crippen LogP contribution in [0.2, 0.25) is 0 Å². The van der Waals surface area contributed by atoms with E-state index in [1.165, 1.54) is 0 Å². The molecule has 0 radical (unpaired) electrons. The average Bonchev–Trinajstić information content (AvgIpc) is 2.32. The van der Waals surface area contributed by atoms with Crippen molar-refractivity contribution in [2.24, 2.45) is 0 Å². The molecule has 0 aliphatic carbocycles. The summed E-state index contributed by atoms with van der Waals surface area (Å²) in [6, 6.07) is 5.66. The lowest BCUT2D eigenvalue weighted by molar-refractivity contribution is -0.136. The van der Waals surface area contributed by atoms with Gasteiger partial charge in [0.25, 0.3) is 0 Å². The fourth-order valence-electron chi connectivity index (χ4n) is 1.79. The van der Waals surface area contributed by atoms with Gasteiger partial charge in [0.05, 0.1) is 10.8 Å². The van der Waals surface area contributed by atoms with Crippen LogP contribution >= 0.6 is 0 Å². The van der Waals surface area contributed by atoms with Gasteiger partial charge in [-0.3, -0.25) is 9.00 Å². The van der Waals surface area contributed by atoms with Crippen molar-refractivity contribution in [2.75, 3.05) is 0 Å². The number of carboxylic acid groups (broad SMARTS) is 1. The molecule has 1 rings (SSSR count). The SMILES string of the molecule is CCCCC(C(=O)O)S(=O)c1cc(C)ccc1C. The summed E-state index contributed by atoms with van der Waals surface area (Å²) in [4.78, 5) is 11.9. The Morgan fingerprint density at radius 1 is 1.39 bits per heavy atom. The number of carboxylic acids is 1. The zero-order valence-corrected chi connectivity index (χ0v) is 11.9. The zero-order chi connectivity index (χ0) is 13.7. The normalized spacial score (nSPS) is 14.2. The van der Waals surface area contributed by atoms with E-state index < -0.39 is 22.0 Å². The van der Waals surface area contributed by atoms with Crippen LogP contribution in [-0.2, 0) is 15.6 Å². The Morgan fingerprint density at radius 2 is 2.06 bits per heavy atom. The molecule has 0 fully saturated rings. The van der Waals surface area contributed by atoms with E-state index in [0.717, 1.165) is 24.0 Å². The van der Waals surface area contributed by atoms with Crippen LogP contribution in [0.15, 0.2) is 23.1 Å². The summed E-state index contributed by atoms with van der Waals surface area (Å²) in [5, 5.41) is 8.40. The van der Waals surface area contributed by atoms with E-state index in [0.29, 0.717) is 11.3 Å². The molecular formula is C14H20O3S. The lowest BCUT2D eigenvalue weighted by Gasteiger charge is -2.14. The minimum absolute atomic E-state index is 0.464. The number of aliphatic carboxylic acids is 1. The molecule has 0 aliphatic heterocycles. The molecule has 0 saturated carbocycles. The van der Waals surface area contributed by atoms with Gasteiger partial charge in [0.1, 0.15) is 5.25 Å². The highest BCUT2D eigenvalue weighted by Gasteiger charge is 2.26. The van der Waals surface area contributed by atoms with Gasteiger partial charge in [0, 0.05) is 4.90 Å². The van der Waals surface area contributed by atoms with Crippen LogP contribution < -0.4 is 0 Å². The van der Waals surface area contributed by atoms with Crippen LogP contribution in [0.4, 0.5) is 0 Å². The summed E-state index contributed by atoms with van der Waals surface area (Å²) in [6.45, 7) is 5.78. The molecule has 0 aliphatic rings. The molecule has 0 saturated heterocycles. The van der Waals surface area contributed by atoms with Crippen molar-refractivity contribution < 1.29 is 14.1 Å². The minimum atomic E-state index is -1.47. The van der Waals surface area contributed by atoms with Crippen molar-refractivity contribution in [3.63, 3.8) is 0 Å². The van der Waals surface area contributed by atoms with E-state index in [1.54, 1.807) is 0 Å². The molecule has 100 valence electrons. The smallest absolute Gasteiger partial charge is 0.319 e. The summed E-state index contributed by atoms with van der Waals surface area (Å²) >= 11 is 0. The van der Waals surface area contributed by atoms with Crippen molar-refractivity contribution >= 4 is 16.8 Å². The largest absolute Gasteiger partial charge is 0.480 e. The first-order chi connectivity index (χ1) is 8.47. The monoisotopic (exact) mass is 268 g/mol. The Balaban J connectivity index is 3.01. The maximum Gasteiger partial charge on any atom is 0.319 e. The van der Waals surface area contributed by atoms with E-state index in [1.807, 2.05) is 39.0 Å². The van der Waals surface area contributed by atoms with Gasteiger partial charge in [0.15, 0.2) is 0 Å². The van der Waals surface area contributed by atoms with Gasteiger partial charge in [-0.05, 0) is 37.5 Å². The number of hydrogen-bond donors (Lipinski definition) is 1. The second-order valence-electron chi connectivity index (χ2n) is 4.54. The van der Waals surface area contributed by atoms with E-state index in [2.05, 4.69) is 0 Å². The van der Waals surface area contributed by atoms with E-state index in [9.17, 15) is 14.1 Å². The summed E-state index contributed by atoms with van der Waals surface area (Å²) < 4.78 is 12.4. The lowest BCUT2D eigenvalue weighted by Crippen LogP contribution is -2.26. The third-order valence-corrected chi connectivity index (χ3v) is 4.74. The van der Waals surface area contributed by atoms with Crippen LogP contribution in [0.25, 0.3) is 0 Å². The topological polar surface area (TPSA) is 54.4 Å². The first-order valence-corrected chi connectivity index (χ1v) is 7.39. The number of unbranched alkanes of at least 4 members (excludes halogenated alkanes) is 1. The number of benzene rings is 1. The van der Waals surface area contributed by atoms with Gasteiger partial charge in [0.2, 0.25) is 0 Å². The molecule has 0 aromatic heterocycles. The van der Waals surface area contributed by atoms with Crippen LogP contribution in [0, 0.1) is 13.8 Å². The number of aryl methyl sites for hydroxylation is 2. The van der Waals surface area contributed by atoms with Crippen molar-refractivity contribution in [2.45, 2.75) is 50.2 Å². The number of carbonyl (C=O) groups is 1. The Hall–Kier alpha value is -1.16. The highest BCUT2D eigenvalue weighted by molar-refractivity contribution is 7.86. The molecule has 0 spiro atoms. The van der Waals surface area contributed by atoms with Crippen molar-refractivity contribution in [3.8, 4) is 0 Å². The maximum absolute atomic E-state index is 12.4. The Labute approximate surface area is 111 Å². The first-order valence-electron chi connectivity index (χ1n) is 6.18. The summed E-state index contributed by atoms with van der Waals surface area (Å²) in [5.41, 5.74) is 1.89. The molecule has 1 N–H and O–H groups in total. The lowest BCUT2D eigenvalue weighted by atomic mass is 10.2. The fourth-order valence-corrected chi connectivity index (χ4v) is 3.35. The van der Waals surface area contributed by atoms with E-state index in [4.69, 9.17) is 0 Å². The highest BCUT2D eigenvalue weighted by atomic mass is 32.2. The Morgan fingerprint density at radius 3 is 2.61 bits per heavy atom. The molecule has 1 aromatic carbocycles. The third-order valence-electron chi connectivity index (χ3n) is 2.91. The fraction of sp³-hybridized carbons (Fsp3) is 0.500. The van der Waals surface area contributed by atoms with Gasteiger partial charge < -0.3 is 5.11 Å². The predicted octanol–water partition coefficient (Wildman–Crippen LogP) is 3.05. The third kappa shape index (κ3) is 3.67. The maximum atomic E-state index is 12.4. The van der Waals surface area contributed by atoms with Crippen LogP contribution in [-0.4, -0.2) is 20.5 Å². The number of hydrogen-bond acceptors (Lipinski definition) is 2. The second kappa shape index (κ2) is 6.69. The average molecular weight is 268 g/mol. The first kappa shape index (κ1) is 14.9. The predicted molar refractivity (Wildman–Crippen MR) is 73.3 cm³/mol. The number of rotatable bonds is 6. The van der Waals surface area contributed by atoms with Gasteiger partial charge in [-0.2, -0.15) is 0 Å². The Bertz CT molecular complexity index is 454. The van der Waals surface area contributed by atoms with Gasteiger partial charge in [-0.1, -0.05) is 31.9 Å². The molecule has 3 nitrogen and oxygen atoms in total. The van der Waals surface area contributed by atoms with Crippen LogP contribution in [0.5, 0.6) is 0 Å². The van der Waals surface area contributed by atoms with Crippen LogP contribution in [0.1, 0.15) is 37.3 Å². The van der Waals surface area contributed by atoms with Gasteiger partial charge in [-0.15, -0.1) is 0 Å². The Kier molecular flexibility index (Phi) is 5.54. The highest BCUT2D eigenvalue weighted by Crippen LogP contribution is 2.21. The molecule has 0 bridgehead atoms. The summed E-state index contributed by atoms with van der Waals surface area (Å²) in [7, 11) is -1.47. The van der Waals surface area contributed by atoms with Crippen LogP contribution in [0.3, 0.4) is 0 Å². The van der Waals surface area contributed by atoms with Gasteiger partial charge in [-0.25, -0.2) is 0 Å². The summed E-state index contributed by atoms with van der Waals surface area (Å²) in [5.74, 6) is -0.970. The molecule has 0 heterocycles. The van der Waals surface area contributed by atoms with E-state index in [-0.39, 0.29) is 0 Å².